The molecular formula is C20H18FNO. The topological polar surface area (TPSA) is 20.3 Å². The summed E-state index contributed by atoms with van der Waals surface area (Å²) in [5.74, 6) is -0.0889. The van der Waals surface area contributed by atoms with Crippen LogP contribution in [-0.4, -0.2) is 11.4 Å². The number of halogens is 1. The smallest absolute Gasteiger partial charge is 0.227 e. The number of amides is 1. The minimum absolute atomic E-state index is 0.140. The summed E-state index contributed by atoms with van der Waals surface area (Å²) >= 11 is 0. The number of hydrogen-bond acceptors (Lipinski definition) is 1. The first-order valence-corrected chi connectivity index (χ1v) is 7.91. The van der Waals surface area contributed by atoms with Crippen molar-refractivity contribution in [1.29, 1.82) is 0 Å². The first-order chi connectivity index (χ1) is 11.0. The van der Waals surface area contributed by atoms with Crippen LogP contribution in [0, 0.1) is 12.7 Å². The van der Waals surface area contributed by atoms with Crippen LogP contribution < -0.4 is 4.90 Å². The van der Waals surface area contributed by atoms with E-state index in [-0.39, 0.29) is 17.3 Å². The Balaban J connectivity index is 2.02. The summed E-state index contributed by atoms with van der Waals surface area (Å²) in [6.45, 7) is 4.07. The zero-order chi connectivity index (χ0) is 16.2. The van der Waals surface area contributed by atoms with Crippen LogP contribution in [0.4, 0.5) is 10.1 Å². The van der Waals surface area contributed by atoms with Crippen molar-refractivity contribution in [3.63, 3.8) is 0 Å². The van der Waals surface area contributed by atoms with Gasteiger partial charge in [0.2, 0.25) is 5.91 Å². The molecule has 1 atom stereocenters. The van der Waals surface area contributed by atoms with Crippen molar-refractivity contribution in [2.24, 2.45) is 0 Å². The maximum absolute atomic E-state index is 14.4. The predicted octanol–water partition coefficient (Wildman–Crippen LogP) is 4.46. The molecule has 2 aromatic rings. The van der Waals surface area contributed by atoms with Crippen molar-refractivity contribution >= 4 is 17.2 Å². The van der Waals surface area contributed by atoms with Crippen molar-refractivity contribution in [3.8, 4) is 0 Å². The van der Waals surface area contributed by atoms with Crippen LogP contribution in [0.1, 0.15) is 36.5 Å². The van der Waals surface area contributed by atoms with Crippen LogP contribution in [0.5, 0.6) is 0 Å². The highest BCUT2D eigenvalue weighted by molar-refractivity contribution is 6.05. The number of fused-ring (bicyclic) bond motifs is 3. The predicted molar refractivity (Wildman–Crippen MR) is 89.8 cm³/mol. The maximum Gasteiger partial charge on any atom is 0.227 e. The maximum atomic E-state index is 14.4. The van der Waals surface area contributed by atoms with E-state index in [2.05, 4.69) is 13.0 Å². The van der Waals surface area contributed by atoms with Crippen LogP contribution in [0.3, 0.4) is 0 Å². The van der Waals surface area contributed by atoms with E-state index < -0.39 is 0 Å². The van der Waals surface area contributed by atoms with Gasteiger partial charge in [0.1, 0.15) is 5.82 Å². The van der Waals surface area contributed by atoms with Crippen LogP contribution in [0.15, 0.2) is 48.5 Å². The molecule has 1 fully saturated rings. The normalized spacial score (nSPS) is 22.7. The molecule has 116 valence electrons. The summed E-state index contributed by atoms with van der Waals surface area (Å²) in [6.07, 6.45) is 3.36. The van der Waals surface area contributed by atoms with Gasteiger partial charge in [0.15, 0.2) is 0 Å². The Morgan fingerprint density at radius 3 is 2.70 bits per heavy atom. The number of rotatable bonds is 1. The monoisotopic (exact) mass is 307 g/mol. The third kappa shape index (κ3) is 2.03. The van der Waals surface area contributed by atoms with E-state index >= 15 is 0 Å². The molecule has 2 aromatic carbocycles. The lowest BCUT2D eigenvalue weighted by atomic mass is 9.83. The van der Waals surface area contributed by atoms with Gasteiger partial charge in [-0.3, -0.25) is 4.79 Å². The van der Waals surface area contributed by atoms with Gasteiger partial charge >= 0.3 is 0 Å². The van der Waals surface area contributed by atoms with Gasteiger partial charge < -0.3 is 4.90 Å². The van der Waals surface area contributed by atoms with Gasteiger partial charge in [-0.25, -0.2) is 4.39 Å². The molecule has 0 radical (unpaired) electrons. The quantitative estimate of drug-likeness (QED) is 0.761. The van der Waals surface area contributed by atoms with E-state index in [1.165, 1.54) is 6.07 Å². The third-order valence-electron chi connectivity index (χ3n) is 4.91. The molecule has 0 saturated carbocycles. The fourth-order valence-electron chi connectivity index (χ4n) is 3.77. The summed E-state index contributed by atoms with van der Waals surface area (Å²) in [5.41, 5.74) is 4.02. The fraction of sp³-hybridized carbons (Fsp3) is 0.250. The SMILES string of the molecule is Cc1ccc2c(c1)C(c1ccccc1F)=CC1(C)CCC(=O)N21. The summed E-state index contributed by atoms with van der Waals surface area (Å²) in [7, 11) is 0. The van der Waals surface area contributed by atoms with Gasteiger partial charge in [-0.2, -0.15) is 0 Å². The number of benzene rings is 2. The standard InChI is InChI=1S/C20H18FNO/c1-13-7-8-18-15(11-13)16(14-5-3-4-6-17(14)21)12-20(2)10-9-19(23)22(18)20/h3-8,11-12H,9-10H2,1-2H3. The van der Waals surface area contributed by atoms with Gasteiger partial charge in [-0.1, -0.05) is 35.9 Å². The molecule has 0 N–H and O–H groups in total. The van der Waals surface area contributed by atoms with Gasteiger partial charge in [-0.05, 0) is 44.0 Å². The molecule has 0 aromatic heterocycles. The molecule has 2 aliphatic rings. The molecule has 1 amide bonds. The average Bonchev–Trinajstić information content (AvgIpc) is 2.83. The lowest BCUT2D eigenvalue weighted by Gasteiger charge is -2.39. The lowest BCUT2D eigenvalue weighted by molar-refractivity contribution is -0.117. The van der Waals surface area contributed by atoms with Gasteiger partial charge in [0.05, 0.1) is 11.2 Å². The fourth-order valence-corrected chi connectivity index (χ4v) is 3.77. The number of nitrogens with zero attached hydrogens (tertiary/aromatic N) is 1. The van der Waals surface area contributed by atoms with E-state index in [9.17, 15) is 9.18 Å². The van der Waals surface area contributed by atoms with Crippen LogP contribution >= 0.6 is 0 Å². The minimum atomic E-state index is -0.378. The van der Waals surface area contributed by atoms with E-state index in [1.807, 2.05) is 42.2 Å². The summed E-state index contributed by atoms with van der Waals surface area (Å²) in [5, 5.41) is 0. The molecule has 2 aliphatic heterocycles. The van der Waals surface area contributed by atoms with Crippen molar-refractivity contribution < 1.29 is 9.18 Å². The van der Waals surface area contributed by atoms with Crippen molar-refractivity contribution in [2.45, 2.75) is 32.2 Å². The zero-order valence-corrected chi connectivity index (χ0v) is 13.3. The molecule has 0 spiro atoms. The summed E-state index contributed by atoms with van der Waals surface area (Å²) in [4.78, 5) is 14.3. The number of carbonyl (C=O) groups is 1. The summed E-state index contributed by atoms with van der Waals surface area (Å²) in [6, 6.07) is 12.9. The number of aryl methyl sites for hydroxylation is 1. The molecule has 0 aliphatic carbocycles. The highest BCUT2D eigenvalue weighted by atomic mass is 19.1. The van der Waals surface area contributed by atoms with E-state index in [1.54, 1.807) is 6.07 Å². The number of carbonyl (C=O) groups excluding carboxylic acids is 1. The first-order valence-electron chi connectivity index (χ1n) is 7.91. The molecule has 2 heterocycles. The highest BCUT2D eigenvalue weighted by Gasteiger charge is 2.45. The Labute approximate surface area is 135 Å². The molecule has 2 nitrogen and oxygen atoms in total. The number of hydrogen-bond donors (Lipinski definition) is 0. The Morgan fingerprint density at radius 1 is 1.13 bits per heavy atom. The largest absolute Gasteiger partial charge is 0.302 e. The highest BCUT2D eigenvalue weighted by Crippen LogP contribution is 2.47. The van der Waals surface area contributed by atoms with Crippen LogP contribution in [0.2, 0.25) is 0 Å². The second kappa shape index (κ2) is 4.79. The molecule has 1 saturated heterocycles. The van der Waals surface area contributed by atoms with E-state index in [0.717, 1.165) is 28.8 Å². The zero-order valence-electron chi connectivity index (χ0n) is 13.3. The first kappa shape index (κ1) is 14.2. The second-order valence-electron chi connectivity index (χ2n) is 6.64. The average molecular weight is 307 g/mol. The van der Waals surface area contributed by atoms with Crippen molar-refractivity contribution in [1.82, 2.24) is 0 Å². The van der Waals surface area contributed by atoms with Crippen molar-refractivity contribution in [3.05, 3.63) is 71.0 Å². The van der Waals surface area contributed by atoms with E-state index in [0.29, 0.717) is 12.0 Å². The molecule has 0 bridgehead atoms. The van der Waals surface area contributed by atoms with Gasteiger partial charge in [0.25, 0.3) is 0 Å². The van der Waals surface area contributed by atoms with Crippen molar-refractivity contribution in [2.75, 3.05) is 4.90 Å². The molecule has 23 heavy (non-hydrogen) atoms. The van der Waals surface area contributed by atoms with E-state index in [4.69, 9.17) is 0 Å². The Hall–Kier alpha value is -2.42. The molecule has 1 unspecified atom stereocenters. The third-order valence-corrected chi connectivity index (χ3v) is 4.91. The van der Waals surface area contributed by atoms with Crippen LogP contribution in [-0.2, 0) is 4.79 Å². The second-order valence-corrected chi connectivity index (χ2v) is 6.64. The van der Waals surface area contributed by atoms with Gasteiger partial charge in [0, 0.05) is 17.5 Å². The van der Waals surface area contributed by atoms with Gasteiger partial charge in [-0.15, -0.1) is 0 Å². The molecular weight excluding hydrogens is 289 g/mol. The minimum Gasteiger partial charge on any atom is -0.302 e. The Morgan fingerprint density at radius 2 is 1.91 bits per heavy atom. The number of anilines is 1. The molecule has 3 heteroatoms. The van der Waals surface area contributed by atoms with Crippen LogP contribution in [0.25, 0.3) is 5.57 Å². The Kier molecular flexibility index (Phi) is 2.95. The lowest BCUT2D eigenvalue weighted by Crippen LogP contribution is -2.44. The summed E-state index contributed by atoms with van der Waals surface area (Å²) < 4.78 is 14.4. The Bertz CT molecular complexity index is 854. The molecule has 4 rings (SSSR count).